The van der Waals surface area contributed by atoms with Crippen molar-refractivity contribution in [2.45, 2.75) is 6.54 Å². The highest BCUT2D eigenvalue weighted by molar-refractivity contribution is 9.10. The Morgan fingerprint density at radius 2 is 2.00 bits per heavy atom. The first-order valence-electron chi connectivity index (χ1n) is 6.19. The molecule has 2 aromatic carbocycles. The van der Waals surface area contributed by atoms with Crippen molar-refractivity contribution in [1.29, 1.82) is 0 Å². The van der Waals surface area contributed by atoms with Gasteiger partial charge in [0.2, 0.25) is 0 Å². The number of para-hydroxylation sites is 2. The molecule has 106 valence electrons. The standard InChI is InChI=1S/C15H10BrFN2O2/c16-14-9(4-3-5-10(14)17)15-18-11-6-1-2-7-12(11)19(15)8-13(20)21/h1-7H,8H2,(H,20,21). The van der Waals surface area contributed by atoms with Gasteiger partial charge in [0.25, 0.3) is 0 Å². The highest BCUT2D eigenvalue weighted by Crippen LogP contribution is 2.32. The highest BCUT2D eigenvalue weighted by Gasteiger charge is 2.17. The summed E-state index contributed by atoms with van der Waals surface area (Å²) in [5.74, 6) is -0.974. The summed E-state index contributed by atoms with van der Waals surface area (Å²) in [6.07, 6.45) is 0. The van der Waals surface area contributed by atoms with Crippen molar-refractivity contribution < 1.29 is 14.3 Å². The quantitative estimate of drug-likeness (QED) is 0.785. The Bertz CT molecular complexity index is 845. The van der Waals surface area contributed by atoms with Gasteiger partial charge in [-0.3, -0.25) is 4.79 Å². The minimum absolute atomic E-state index is 0.237. The second-order valence-corrected chi connectivity index (χ2v) is 5.30. The van der Waals surface area contributed by atoms with E-state index in [1.165, 1.54) is 6.07 Å². The molecule has 1 aromatic heterocycles. The molecule has 0 saturated carbocycles. The fourth-order valence-electron chi connectivity index (χ4n) is 2.25. The fourth-order valence-corrected chi connectivity index (χ4v) is 2.69. The fraction of sp³-hybridized carbons (Fsp3) is 0.0667. The Labute approximate surface area is 128 Å². The largest absolute Gasteiger partial charge is 0.480 e. The minimum Gasteiger partial charge on any atom is -0.480 e. The molecule has 1 heterocycles. The third-order valence-electron chi connectivity index (χ3n) is 3.14. The molecule has 21 heavy (non-hydrogen) atoms. The Morgan fingerprint density at radius 3 is 2.76 bits per heavy atom. The number of nitrogens with zero attached hydrogens (tertiary/aromatic N) is 2. The molecule has 0 saturated heterocycles. The average molecular weight is 349 g/mol. The number of hydrogen-bond acceptors (Lipinski definition) is 2. The van der Waals surface area contributed by atoms with Crippen LogP contribution in [0.25, 0.3) is 22.4 Å². The van der Waals surface area contributed by atoms with Gasteiger partial charge in [0.1, 0.15) is 18.2 Å². The number of imidazole rings is 1. The van der Waals surface area contributed by atoms with Crippen LogP contribution in [0.4, 0.5) is 4.39 Å². The average Bonchev–Trinajstić information content (AvgIpc) is 2.80. The van der Waals surface area contributed by atoms with E-state index in [2.05, 4.69) is 20.9 Å². The number of rotatable bonds is 3. The van der Waals surface area contributed by atoms with Gasteiger partial charge in [-0.15, -0.1) is 0 Å². The maximum Gasteiger partial charge on any atom is 0.323 e. The van der Waals surface area contributed by atoms with E-state index in [1.807, 2.05) is 12.1 Å². The van der Waals surface area contributed by atoms with Crippen molar-refractivity contribution in [3.63, 3.8) is 0 Å². The molecule has 0 amide bonds. The van der Waals surface area contributed by atoms with Gasteiger partial charge in [0.15, 0.2) is 0 Å². The Balaban J connectivity index is 2.31. The molecule has 0 radical (unpaired) electrons. The number of fused-ring (bicyclic) bond motifs is 1. The summed E-state index contributed by atoms with van der Waals surface area (Å²) in [4.78, 5) is 15.6. The predicted octanol–water partition coefficient (Wildman–Crippen LogP) is 3.69. The van der Waals surface area contributed by atoms with Gasteiger partial charge in [-0.1, -0.05) is 18.2 Å². The van der Waals surface area contributed by atoms with E-state index in [4.69, 9.17) is 5.11 Å². The van der Waals surface area contributed by atoms with Crippen LogP contribution in [0.1, 0.15) is 0 Å². The Hall–Kier alpha value is -2.21. The smallest absolute Gasteiger partial charge is 0.323 e. The van der Waals surface area contributed by atoms with Crippen molar-refractivity contribution in [2.75, 3.05) is 0 Å². The van der Waals surface area contributed by atoms with E-state index in [-0.39, 0.29) is 11.0 Å². The van der Waals surface area contributed by atoms with Crippen molar-refractivity contribution in [2.24, 2.45) is 0 Å². The molecular formula is C15H10BrFN2O2. The van der Waals surface area contributed by atoms with Gasteiger partial charge < -0.3 is 9.67 Å². The SMILES string of the molecule is O=C(O)Cn1c(-c2cccc(F)c2Br)nc2ccccc21. The molecule has 0 aliphatic rings. The lowest BCUT2D eigenvalue weighted by Crippen LogP contribution is -2.10. The van der Waals surface area contributed by atoms with E-state index in [1.54, 1.807) is 28.8 Å². The molecule has 0 aliphatic heterocycles. The summed E-state index contributed by atoms with van der Waals surface area (Å²) in [5, 5.41) is 9.11. The third kappa shape index (κ3) is 2.42. The van der Waals surface area contributed by atoms with Crippen LogP contribution in [0.3, 0.4) is 0 Å². The van der Waals surface area contributed by atoms with E-state index >= 15 is 0 Å². The number of aliphatic carboxylic acids is 1. The van der Waals surface area contributed by atoms with Crippen LogP contribution in [-0.4, -0.2) is 20.6 Å². The summed E-state index contributed by atoms with van der Waals surface area (Å²) in [6.45, 7) is -0.237. The maximum atomic E-state index is 13.7. The lowest BCUT2D eigenvalue weighted by Gasteiger charge is -2.08. The van der Waals surface area contributed by atoms with Crippen LogP contribution in [0, 0.1) is 5.82 Å². The molecule has 3 aromatic rings. The Morgan fingerprint density at radius 1 is 1.24 bits per heavy atom. The summed E-state index contributed by atoms with van der Waals surface area (Å²) in [6, 6.07) is 11.8. The zero-order chi connectivity index (χ0) is 15.0. The van der Waals surface area contributed by atoms with E-state index < -0.39 is 11.8 Å². The third-order valence-corrected chi connectivity index (χ3v) is 3.95. The number of carbonyl (C=O) groups is 1. The molecule has 0 spiro atoms. The number of aromatic nitrogens is 2. The van der Waals surface area contributed by atoms with Crippen molar-refractivity contribution in [3.8, 4) is 11.4 Å². The normalized spacial score (nSPS) is 11.0. The van der Waals surface area contributed by atoms with E-state index in [0.29, 0.717) is 22.4 Å². The second kappa shape index (κ2) is 5.29. The van der Waals surface area contributed by atoms with Crippen molar-refractivity contribution in [1.82, 2.24) is 9.55 Å². The molecule has 0 atom stereocenters. The number of hydrogen-bond donors (Lipinski definition) is 1. The molecule has 6 heteroatoms. The molecule has 0 aliphatic carbocycles. The van der Waals surface area contributed by atoms with Crippen LogP contribution >= 0.6 is 15.9 Å². The molecule has 3 rings (SSSR count). The molecule has 0 unspecified atom stereocenters. The lowest BCUT2D eigenvalue weighted by atomic mass is 10.2. The van der Waals surface area contributed by atoms with Gasteiger partial charge in [0, 0.05) is 5.56 Å². The van der Waals surface area contributed by atoms with Crippen LogP contribution < -0.4 is 0 Å². The number of carboxylic acid groups (broad SMARTS) is 1. The van der Waals surface area contributed by atoms with Crippen molar-refractivity contribution in [3.05, 3.63) is 52.8 Å². The van der Waals surface area contributed by atoms with E-state index in [9.17, 15) is 9.18 Å². The first-order chi connectivity index (χ1) is 10.1. The summed E-state index contributed by atoms with van der Waals surface area (Å²) in [5.41, 5.74) is 1.89. The predicted molar refractivity (Wildman–Crippen MR) is 80.5 cm³/mol. The van der Waals surface area contributed by atoms with Crippen LogP contribution in [0.5, 0.6) is 0 Å². The maximum absolute atomic E-state index is 13.7. The zero-order valence-corrected chi connectivity index (χ0v) is 12.3. The number of halogens is 2. The first-order valence-corrected chi connectivity index (χ1v) is 6.98. The van der Waals surface area contributed by atoms with Crippen LogP contribution in [0.15, 0.2) is 46.9 Å². The lowest BCUT2D eigenvalue weighted by molar-refractivity contribution is -0.137. The molecular weight excluding hydrogens is 339 g/mol. The van der Waals surface area contributed by atoms with Crippen LogP contribution in [0.2, 0.25) is 0 Å². The first kappa shape index (κ1) is 13.8. The van der Waals surface area contributed by atoms with Gasteiger partial charge in [-0.2, -0.15) is 0 Å². The van der Waals surface area contributed by atoms with Gasteiger partial charge in [0.05, 0.1) is 15.5 Å². The van der Waals surface area contributed by atoms with Gasteiger partial charge >= 0.3 is 5.97 Å². The summed E-state index contributed by atoms with van der Waals surface area (Å²) >= 11 is 3.20. The molecule has 1 N–H and O–H groups in total. The van der Waals surface area contributed by atoms with Gasteiger partial charge in [-0.05, 0) is 40.2 Å². The number of carboxylic acids is 1. The number of benzene rings is 2. The minimum atomic E-state index is -0.980. The molecule has 4 nitrogen and oxygen atoms in total. The van der Waals surface area contributed by atoms with Gasteiger partial charge in [-0.25, -0.2) is 9.37 Å². The van der Waals surface area contributed by atoms with E-state index in [0.717, 1.165) is 0 Å². The highest BCUT2D eigenvalue weighted by atomic mass is 79.9. The second-order valence-electron chi connectivity index (χ2n) is 4.51. The molecule has 0 fully saturated rings. The monoisotopic (exact) mass is 348 g/mol. The van der Waals surface area contributed by atoms with Crippen LogP contribution in [-0.2, 0) is 11.3 Å². The summed E-state index contributed by atoms with van der Waals surface area (Å²) in [7, 11) is 0. The topological polar surface area (TPSA) is 55.1 Å². The summed E-state index contributed by atoms with van der Waals surface area (Å²) < 4.78 is 15.6. The Kier molecular flexibility index (Phi) is 3.47. The zero-order valence-electron chi connectivity index (χ0n) is 10.8. The van der Waals surface area contributed by atoms with Crippen molar-refractivity contribution >= 4 is 32.9 Å². The molecule has 0 bridgehead atoms.